The van der Waals surface area contributed by atoms with E-state index >= 15 is 0 Å². The van der Waals surface area contributed by atoms with Crippen LogP contribution in [0.4, 0.5) is 0 Å². The normalized spacial score (nSPS) is 18.4. The predicted octanol–water partition coefficient (Wildman–Crippen LogP) is -0.471. The van der Waals surface area contributed by atoms with Gasteiger partial charge in [-0.2, -0.15) is 0 Å². The van der Waals surface area contributed by atoms with Crippen LogP contribution in [0.15, 0.2) is 70.6 Å². The zero-order chi connectivity index (χ0) is 46.9. The lowest BCUT2D eigenvalue weighted by Crippen LogP contribution is -2.56. The summed E-state index contributed by atoms with van der Waals surface area (Å²) >= 11 is 13.0. The summed E-state index contributed by atoms with van der Waals surface area (Å²) in [6.07, 6.45) is 2.22. The number of amides is 4. The topological polar surface area (TPSA) is 331 Å². The van der Waals surface area contributed by atoms with Gasteiger partial charge in [0, 0.05) is 26.2 Å². The predicted molar refractivity (Wildman–Crippen MR) is 251 cm³/mol. The molecule has 2 saturated heterocycles. The van der Waals surface area contributed by atoms with Gasteiger partial charge in [0.15, 0.2) is 40.0 Å². The molecule has 356 valence electrons. The lowest BCUT2D eigenvalue weighted by atomic mass is 9.95. The molecule has 2 aromatic carbocycles. The van der Waals surface area contributed by atoms with E-state index in [1.807, 2.05) is 60.7 Å². The average molecular weight is 964 g/mol. The highest BCUT2D eigenvalue weighted by atomic mass is 35.5. The third-order valence-electron chi connectivity index (χ3n) is 11.1. The molecular formula is C43H61Cl3N12O7. The van der Waals surface area contributed by atoms with E-state index in [9.17, 15) is 33.6 Å². The van der Waals surface area contributed by atoms with Gasteiger partial charge in [0.2, 0.25) is 23.6 Å². The minimum Gasteiger partial charge on any atom is -0.370 e. The smallest absolute Gasteiger partial charge is 0.243 e. The molecule has 0 saturated carbocycles. The van der Waals surface area contributed by atoms with E-state index in [-0.39, 0.29) is 102 Å². The van der Waals surface area contributed by atoms with Crippen molar-refractivity contribution in [3.8, 4) is 0 Å². The van der Waals surface area contributed by atoms with Gasteiger partial charge in [0.25, 0.3) is 0 Å². The Labute approximate surface area is 394 Å². The van der Waals surface area contributed by atoms with Gasteiger partial charge in [-0.1, -0.05) is 60.7 Å². The molecule has 0 bridgehead atoms. The number of hydrogen-bond acceptors (Lipinski definition) is 11. The van der Waals surface area contributed by atoms with Crippen LogP contribution in [0.3, 0.4) is 0 Å². The maximum Gasteiger partial charge on any atom is 0.243 e. The number of nitrogens with zero attached hydrogens (tertiary/aromatic N) is 4. The van der Waals surface area contributed by atoms with Crippen LogP contribution in [0.5, 0.6) is 0 Å². The quantitative estimate of drug-likeness (QED) is 0.0217. The van der Waals surface area contributed by atoms with Gasteiger partial charge in [-0.25, -0.2) is 0 Å². The number of carbonyl (C=O) groups excluding carboxylic acids is 7. The SMILES string of the molecule is Cl.NC(N)=NCCC[C@H](NC(=O)[C@@H]1CCCN1C(=O)[C@H](N)Cc1ccccc1)C(=O)C(Cl)C(=O)C(Cl)C(=O)[C@H](CCCN=C(N)N)NC(=O)[C@@H]1CCCN1C(=O)[C@H](N)Cc1ccccc1. The molecule has 19 nitrogen and oxygen atoms in total. The summed E-state index contributed by atoms with van der Waals surface area (Å²) in [4.78, 5) is 107. The molecule has 2 unspecified atom stereocenters. The van der Waals surface area contributed by atoms with E-state index in [4.69, 9.17) is 57.6 Å². The minimum absolute atomic E-state index is 0. The molecule has 8 atom stereocenters. The second-order valence-electron chi connectivity index (χ2n) is 15.9. The van der Waals surface area contributed by atoms with E-state index < -0.39 is 88.0 Å². The molecule has 0 radical (unpaired) electrons. The second-order valence-corrected chi connectivity index (χ2v) is 16.8. The molecule has 14 N–H and O–H groups in total. The number of halogens is 3. The van der Waals surface area contributed by atoms with Crippen LogP contribution in [0.1, 0.15) is 62.5 Å². The average Bonchev–Trinajstić information content (AvgIpc) is 3.98. The van der Waals surface area contributed by atoms with Gasteiger partial charge >= 0.3 is 0 Å². The number of Topliss-reactive ketones (excluding diaryl/α,β-unsaturated/α-hetero) is 3. The van der Waals surface area contributed by atoms with Gasteiger partial charge in [-0.05, 0) is 75.3 Å². The van der Waals surface area contributed by atoms with Gasteiger partial charge in [-0.15, -0.1) is 35.6 Å². The number of benzene rings is 2. The molecule has 0 aliphatic carbocycles. The summed E-state index contributed by atoms with van der Waals surface area (Å²) < 4.78 is 0. The van der Waals surface area contributed by atoms with Crippen molar-refractivity contribution in [2.45, 2.75) is 111 Å². The number of alkyl halides is 2. The van der Waals surface area contributed by atoms with Gasteiger partial charge in [0.1, 0.15) is 12.1 Å². The molecule has 22 heteroatoms. The molecule has 2 fully saturated rings. The number of likely N-dealkylation sites (tertiary alicyclic amines) is 2. The van der Waals surface area contributed by atoms with E-state index in [0.717, 1.165) is 11.1 Å². The monoisotopic (exact) mass is 962 g/mol. The van der Waals surface area contributed by atoms with E-state index in [0.29, 0.717) is 12.8 Å². The summed E-state index contributed by atoms with van der Waals surface area (Å²) in [5, 5.41) is 1.24. The first kappa shape index (κ1) is 54.0. The van der Waals surface area contributed by atoms with Crippen LogP contribution in [0, 0.1) is 0 Å². The van der Waals surface area contributed by atoms with Crippen LogP contribution < -0.4 is 45.0 Å². The third-order valence-corrected chi connectivity index (χ3v) is 12.0. The molecule has 0 aromatic heterocycles. The summed E-state index contributed by atoms with van der Waals surface area (Å²) in [6, 6.07) is 11.8. The third kappa shape index (κ3) is 15.9. The molecule has 2 aromatic rings. The highest BCUT2D eigenvalue weighted by Crippen LogP contribution is 2.23. The van der Waals surface area contributed by atoms with E-state index in [2.05, 4.69) is 20.6 Å². The number of ketones is 3. The fourth-order valence-corrected chi connectivity index (χ4v) is 8.44. The van der Waals surface area contributed by atoms with Crippen LogP contribution in [0.2, 0.25) is 0 Å². The zero-order valence-electron chi connectivity index (χ0n) is 36.1. The maximum absolute atomic E-state index is 14.0. The Morgan fingerprint density at radius 2 is 0.954 bits per heavy atom. The Hall–Kier alpha value is -5.34. The standard InChI is InChI=1S/C43H60Cl2N12O7.ClH/c44-33(35(58)29(15-7-19-52-42(48)49)54-38(61)31-17-9-21-56(31)40(63)27(46)23-25-11-3-1-4-12-25)37(60)34(45)36(59)30(16-8-20-53-43(50)51)55-39(62)32-18-10-22-57(32)41(64)28(47)24-26-13-5-2-6-14-26;/h1-6,11-14,27-34H,7-10,15-24,46-47H2,(H,54,61)(H,55,62)(H4,48,49,52)(H4,50,51,53);1H/t27-,28-,29+,30+,31+,32+,33?,34?;/m1./s1. The molecule has 2 aliphatic rings. The fraction of sp³-hybridized carbons (Fsp3) is 0.512. The van der Waals surface area contributed by atoms with Gasteiger partial charge in [-0.3, -0.25) is 43.5 Å². The van der Waals surface area contributed by atoms with Gasteiger partial charge < -0.3 is 54.8 Å². The minimum atomic E-state index is -2.03. The number of hydrogen-bond donors (Lipinski definition) is 8. The number of nitrogens with one attached hydrogen (secondary N) is 2. The summed E-state index contributed by atoms with van der Waals surface area (Å²) in [5.41, 5.74) is 36.1. The Morgan fingerprint density at radius 1 is 0.600 bits per heavy atom. The Morgan fingerprint density at radius 3 is 1.29 bits per heavy atom. The van der Waals surface area contributed by atoms with Crippen molar-refractivity contribution >= 4 is 88.5 Å². The van der Waals surface area contributed by atoms with Crippen molar-refractivity contribution in [1.29, 1.82) is 0 Å². The highest BCUT2D eigenvalue weighted by molar-refractivity contribution is 6.53. The lowest BCUT2D eigenvalue weighted by molar-refractivity contribution is -0.140. The maximum atomic E-state index is 14.0. The zero-order valence-corrected chi connectivity index (χ0v) is 38.4. The van der Waals surface area contributed by atoms with E-state index in [1.165, 1.54) is 9.80 Å². The Bertz CT molecular complexity index is 1870. The molecular weight excluding hydrogens is 903 g/mol. The van der Waals surface area contributed by atoms with Crippen molar-refractivity contribution in [3.05, 3.63) is 71.8 Å². The Kier molecular flexibility index (Phi) is 22.1. The summed E-state index contributed by atoms with van der Waals surface area (Å²) in [7, 11) is 0. The molecule has 4 rings (SSSR count). The molecule has 2 aliphatic heterocycles. The molecule has 0 spiro atoms. The van der Waals surface area contributed by atoms with Gasteiger partial charge in [0.05, 0.1) is 24.2 Å². The van der Waals surface area contributed by atoms with Crippen molar-refractivity contribution in [1.82, 2.24) is 20.4 Å². The highest BCUT2D eigenvalue weighted by Gasteiger charge is 2.43. The van der Waals surface area contributed by atoms with Crippen LogP contribution in [0.25, 0.3) is 0 Å². The first-order valence-electron chi connectivity index (χ1n) is 21.3. The number of carbonyl (C=O) groups is 7. The fourth-order valence-electron chi connectivity index (χ4n) is 7.82. The summed E-state index contributed by atoms with van der Waals surface area (Å²) in [5.74, 6) is -5.76. The first-order chi connectivity index (χ1) is 30.5. The summed E-state index contributed by atoms with van der Waals surface area (Å²) in [6.45, 7) is 0.642. The molecule has 4 amide bonds. The van der Waals surface area contributed by atoms with Crippen LogP contribution in [-0.4, -0.2) is 136 Å². The molecule has 65 heavy (non-hydrogen) atoms. The molecule has 2 heterocycles. The number of aliphatic imine (C=N–C) groups is 2. The number of rotatable bonds is 24. The number of guanidine groups is 2. The van der Waals surface area contributed by atoms with Crippen molar-refractivity contribution in [2.24, 2.45) is 44.4 Å². The number of nitrogens with two attached hydrogens (primary N) is 6. The van der Waals surface area contributed by atoms with Crippen molar-refractivity contribution < 1.29 is 33.6 Å². The van der Waals surface area contributed by atoms with E-state index in [1.54, 1.807) is 0 Å². The first-order valence-corrected chi connectivity index (χ1v) is 22.2. The largest absolute Gasteiger partial charge is 0.370 e. The van der Waals surface area contributed by atoms with Crippen LogP contribution in [-0.2, 0) is 46.4 Å². The van der Waals surface area contributed by atoms with Crippen LogP contribution >= 0.6 is 35.6 Å². The second kappa shape index (κ2) is 26.6. The van der Waals surface area contributed by atoms with Crippen molar-refractivity contribution in [3.63, 3.8) is 0 Å². The lowest BCUT2D eigenvalue weighted by Gasteiger charge is -2.29. The van der Waals surface area contributed by atoms with Crippen molar-refractivity contribution in [2.75, 3.05) is 26.2 Å². The Balaban J connectivity index is 0.0000112.